The molecular formula is C7H12N4O2. The van der Waals surface area contributed by atoms with Crippen LogP contribution in [-0.2, 0) is 9.53 Å². The van der Waals surface area contributed by atoms with Gasteiger partial charge in [0.25, 0.3) is 5.91 Å². The lowest BCUT2D eigenvalue weighted by atomic mass is 10.3. The van der Waals surface area contributed by atoms with Crippen LogP contribution in [0.15, 0.2) is 6.20 Å². The van der Waals surface area contributed by atoms with Gasteiger partial charge in [0.2, 0.25) is 0 Å². The molecule has 6 nitrogen and oxygen atoms in total. The lowest BCUT2D eigenvalue weighted by molar-refractivity contribution is -0.124. The van der Waals surface area contributed by atoms with Crippen LogP contribution < -0.4 is 11.1 Å². The van der Waals surface area contributed by atoms with Gasteiger partial charge in [-0.05, 0) is 6.92 Å². The third kappa shape index (κ3) is 2.19. The molecule has 0 aliphatic rings. The number of rotatable bonds is 3. The molecule has 72 valence electrons. The summed E-state index contributed by atoms with van der Waals surface area (Å²) in [7, 11) is 1.46. The Morgan fingerprint density at radius 2 is 2.54 bits per heavy atom. The molecule has 6 heteroatoms. The van der Waals surface area contributed by atoms with E-state index in [1.54, 1.807) is 6.92 Å². The number of nitrogens with one attached hydrogen (secondary N) is 2. The van der Waals surface area contributed by atoms with Crippen LogP contribution in [0.3, 0.4) is 0 Å². The monoisotopic (exact) mass is 184 g/mol. The molecule has 0 bridgehead atoms. The summed E-state index contributed by atoms with van der Waals surface area (Å²) >= 11 is 0. The summed E-state index contributed by atoms with van der Waals surface area (Å²) in [5.74, 6) is 0.132. The number of hydrogen-bond acceptors (Lipinski definition) is 4. The molecule has 1 aromatic rings. The Kier molecular flexibility index (Phi) is 2.86. The number of anilines is 2. The van der Waals surface area contributed by atoms with E-state index in [1.165, 1.54) is 13.3 Å². The van der Waals surface area contributed by atoms with Gasteiger partial charge in [0.15, 0.2) is 5.82 Å². The van der Waals surface area contributed by atoms with Crippen LogP contribution in [-0.4, -0.2) is 29.3 Å². The van der Waals surface area contributed by atoms with E-state index in [-0.39, 0.29) is 5.91 Å². The van der Waals surface area contributed by atoms with Crippen molar-refractivity contribution in [1.82, 2.24) is 10.2 Å². The first-order chi connectivity index (χ1) is 6.15. The van der Waals surface area contributed by atoms with Crippen LogP contribution in [0, 0.1) is 0 Å². The first-order valence-corrected chi connectivity index (χ1v) is 3.77. The topological polar surface area (TPSA) is 93.0 Å². The largest absolute Gasteiger partial charge is 0.394 e. The van der Waals surface area contributed by atoms with Crippen LogP contribution in [0.5, 0.6) is 0 Å². The summed E-state index contributed by atoms with van der Waals surface area (Å²) in [6, 6.07) is 0. The highest BCUT2D eigenvalue weighted by Gasteiger charge is 2.13. The third-order valence-corrected chi connectivity index (χ3v) is 1.64. The summed E-state index contributed by atoms with van der Waals surface area (Å²) in [6.45, 7) is 1.64. The van der Waals surface area contributed by atoms with Gasteiger partial charge in [-0.1, -0.05) is 0 Å². The fourth-order valence-corrected chi connectivity index (χ4v) is 0.727. The standard InChI is InChI=1S/C7H12N4O2/c1-4(13-2)7(12)10-6-5(8)3-9-11-6/h3-4H,8H2,1-2H3,(H2,9,10,11,12). The molecule has 1 aromatic heterocycles. The molecule has 1 heterocycles. The molecule has 1 rings (SSSR count). The highest BCUT2D eigenvalue weighted by Crippen LogP contribution is 2.12. The molecule has 0 radical (unpaired) electrons. The number of carbonyl (C=O) groups is 1. The van der Waals surface area contributed by atoms with Crippen molar-refractivity contribution in [3.8, 4) is 0 Å². The zero-order valence-electron chi connectivity index (χ0n) is 7.50. The zero-order chi connectivity index (χ0) is 9.84. The highest BCUT2D eigenvalue weighted by molar-refractivity contribution is 5.95. The summed E-state index contributed by atoms with van der Waals surface area (Å²) in [5.41, 5.74) is 5.88. The maximum atomic E-state index is 11.3. The number of ether oxygens (including phenoxy) is 1. The average molecular weight is 184 g/mol. The van der Waals surface area contributed by atoms with Gasteiger partial charge in [-0.3, -0.25) is 9.89 Å². The summed E-state index contributed by atoms with van der Waals surface area (Å²) in [5, 5.41) is 8.74. The number of nitrogens with two attached hydrogens (primary N) is 1. The predicted octanol–water partition coefficient (Wildman–Crippen LogP) is -0.0347. The molecule has 13 heavy (non-hydrogen) atoms. The Balaban J connectivity index is 2.60. The number of aromatic amines is 1. The molecule has 0 fully saturated rings. The quantitative estimate of drug-likeness (QED) is 0.614. The molecule has 0 aromatic carbocycles. The van der Waals surface area contributed by atoms with E-state index < -0.39 is 6.10 Å². The Hall–Kier alpha value is -1.56. The lowest BCUT2D eigenvalue weighted by Gasteiger charge is -2.08. The predicted molar refractivity (Wildman–Crippen MR) is 48.1 cm³/mol. The molecule has 0 saturated heterocycles. The van der Waals surface area contributed by atoms with Crippen LogP contribution in [0.1, 0.15) is 6.92 Å². The molecule has 4 N–H and O–H groups in total. The number of methoxy groups -OCH3 is 1. The second kappa shape index (κ2) is 3.90. The maximum absolute atomic E-state index is 11.3. The van der Waals surface area contributed by atoms with E-state index in [1.807, 2.05) is 0 Å². The minimum Gasteiger partial charge on any atom is -0.394 e. The summed E-state index contributed by atoms with van der Waals surface area (Å²) < 4.78 is 4.81. The number of nitrogen functional groups attached to an aromatic ring is 1. The average Bonchev–Trinajstić information content (AvgIpc) is 2.50. The molecule has 0 aliphatic carbocycles. The van der Waals surface area contributed by atoms with Gasteiger partial charge in [-0.2, -0.15) is 5.10 Å². The highest BCUT2D eigenvalue weighted by atomic mass is 16.5. The minimum atomic E-state index is -0.511. The number of hydrogen-bond donors (Lipinski definition) is 3. The van der Waals surface area contributed by atoms with Gasteiger partial charge in [-0.25, -0.2) is 0 Å². The summed E-state index contributed by atoms with van der Waals surface area (Å²) in [4.78, 5) is 11.3. The normalized spacial score (nSPS) is 12.5. The summed E-state index contributed by atoms with van der Waals surface area (Å²) in [6.07, 6.45) is 0.912. The molecule has 0 aliphatic heterocycles. The van der Waals surface area contributed by atoms with Crippen molar-refractivity contribution in [1.29, 1.82) is 0 Å². The van der Waals surface area contributed by atoms with Crippen molar-refractivity contribution < 1.29 is 9.53 Å². The van der Waals surface area contributed by atoms with Gasteiger partial charge in [0.1, 0.15) is 6.10 Å². The molecule has 1 amide bonds. The first-order valence-electron chi connectivity index (χ1n) is 3.77. The van der Waals surface area contributed by atoms with Gasteiger partial charge in [0.05, 0.1) is 11.9 Å². The Morgan fingerprint density at radius 1 is 1.85 bits per heavy atom. The second-order valence-corrected chi connectivity index (χ2v) is 2.57. The molecular weight excluding hydrogens is 172 g/mol. The Labute approximate surface area is 75.5 Å². The SMILES string of the molecule is COC(C)C(=O)Nc1[nH]ncc1N. The fraction of sp³-hybridized carbons (Fsp3) is 0.429. The van der Waals surface area contributed by atoms with Crippen molar-refractivity contribution in [2.24, 2.45) is 0 Å². The number of aromatic nitrogens is 2. The number of carbonyl (C=O) groups excluding carboxylic acids is 1. The maximum Gasteiger partial charge on any atom is 0.254 e. The minimum absolute atomic E-state index is 0.265. The van der Waals surface area contributed by atoms with E-state index in [2.05, 4.69) is 15.5 Å². The van der Waals surface area contributed by atoms with Gasteiger partial charge in [0, 0.05) is 7.11 Å². The van der Waals surface area contributed by atoms with Gasteiger partial charge >= 0.3 is 0 Å². The molecule has 0 saturated carbocycles. The Morgan fingerprint density at radius 3 is 3.00 bits per heavy atom. The molecule has 0 spiro atoms. The lowest BCUT2D eigenvalue weighted by Crippen LogP contribution is -2.27. The van der Waals surface area contributed by atoms with E-state index in [4.69, 9.17) is 10.5 Å². The first kappa shape index (κ1) is 9.53. The van der Waals surface area contributed by atoms with E-state index in [0.29, 0.717) is 11.5 Å². The smallest absolute Gasteiger partial charge is 0.254 e. The van der Waals surface area contributed by atoms with E-state index in [0.717, 1.165) is 0 Å². The van der Waals surface area contributed by atoms with Crippen molar-refractivity contribution in [2.45, 2.75) is 13.0 Å². The number of amides is 1. The number of H-pyrrole nitrogens is 1. The zero-order valence-corrected chi connectivity index (χ0v) is 7.50. The van der Waals surface area contributed by atoms with Crippen molar-refractivity contribution in [3.63, 3.8) is 0 Å². The van der Waals surface area contributed by atoms with E-state index >= 15 is 0 Å². The molecule has 1 unspecified atom stereocenters. The van der Waals surface area contributed by atoms with Crippen molar-refractivity contribution in [3.05, 3.63) is 6.20 Å². The third-order valence-electron chi connectivity index (χ3n) is 1.64. The van der Waals surface area contributed by atoms with Crippen LogP contribution in [0.25, 0.3) is 0 Å². The van der Waals surface area contributed by atoms with Crippen LogP contribution in [0.4, 0.5) is 11.5 Å². The molecule has 1 atom stereocenters. The van der Waals surface area contributed by atoms with Gasteiger partial charge in [-0.15, -0.1) is 0 Å². The van der Waals surface area contributed by atoms with Crippen molar-refractivity contribution >= 4 is 17.4 Å². The van der Waals surface area contributed by atoms with Gasteiger partial charge < -0.3 is 15.8 Å². The van der Waals surface area contributed by atoms with Crippen LogP contribution in [0.2, 0.25) is 0 Å². The second-order valence-electron chi connectivity index (χ2n) is 2.57. The van der Waals surface area contributed by atoms with Crippen molar-refractivity contribution in [2.75, 3.05) is 18.2 Å². The fourth-order valence-electron chi connectivity index (χ4n) is 0.727. The Bertz CT molecular complexity index is 296. The van der Waals surface area contributed by atoms with E-state index in [9.17, 15) is 4.79 Å². The van der Waals surface area contributed by atoms with Crippen LogP contribution >= 0.6 is 0 Å². The number of nitrogens with zero attached hydrogens (tertiary/aromatic N) is 1.